The van der Waals surface area contributed by atoms with Crippen molar-refractivity contribution in [2.45, 2.75) is 25.7 Å². The second-order valence-corrected chi connectivity index (χ2v) is 9.70. The monoisotopic (exact) mass is 448 g/mol. The Morgan fingerprint density at radius 2 is 1.97 bits per heavy atom. The molecule has 6 nitrogen and oxygen atoms in total. The Hall–Kier alpha value is -2.94. The summed E-state index contributed by atoms with van der Waals surface area (Å²) in [7, 11) is -2.08. The highest BCUT2D eigenvalue weighted by Gasteiger charge is 2.30. The first kappa shape index (κ1) is 21.3. The highest BCUT2D eigenvalue weighted by atomic mass is 32.2. The van der Waals surface area contributed by atoms with Gasteiger partial charge in [0.25, 0.3) is 5.91 Å². The summed E-state index contributed by atoms with van der Waals surface area (Å²) in [5.74, 6) is -2.09. The molecule has 1 aliphatic heterocycles. The maximum Gasteiger partial charge on any atom is 0.255 e. The minimum Gasteiger partial charge on any atom is -0.455 e. The molecule has 9 heteroatoms. The third kappa shape index (κ3) is 3.67. The van der Waals surface area contributed by atoms with Gasteiger partial charge in [-0.3, -0.25) is 9.10 Å². The number of carbonyl (C=O) groups excluding carboxylic acids is 1. The molecule has 0 radical (unpaired) electrons. The van der Waals surface area contributed by atoms with Crippen LogP contribution in [0.5, 0.6) is 0 Å². The van der Waals surface area contributed by atoms with Crippen molar-refractivity contribution in [3.8, 4) is 11.3 Å². The number of halogens is 2. The highest BCUT2D eigenvalue weighted by Crippen LogP contribution is 2.42. The van der Waals surface area contributed by atoms with Crippen LogP contribution in [0.3, 0.4) is 0 Å². The Morgan fingerprint density at radius 1 is 1.23 bits per heavy atom. The molecule has 164 valence electrons. The van der Waals surface area contributed by atoms with Crippen LogP contribution in [-0.4, -0.2) is 34.2 Å². The predicted octanol–water partition coefficient (Wildman–Crippen LogP) is 4.40. The minimum absolute atomic E-state index is 0.0365. The van der Waals surface area contributed by atoms with Gasteiger partial charge in [0, 0.05) is 31.1 Å². The number of nitrogens with one attached hydrogen (secondary N) is 1. The van der Waals surface area contributed by atoms with E-state index in [2.05, 4.69) is 5.32 Å². The van der Waals surface area contributed by atoms with E-state index in [1.165, 1.54) is 17.4 Å². The summed E-state index contributed by atoms with van der Waals surface area (Å²) in [6, 6.07) is 6.36. The first-order chi connectivity index (χ1) is 14.6. The number of carbonyl (C=O) groups is 1. The van der Waals surface area contributed by atoms with E-state index in [9.17, 15) is 22.0 Å². The second kappa shape index (κ2) is 7.64. The van der Waals surface area contributed by atoms with Gasteiger partial charge in [-0.2, -0.15) is 0 Å². The first-order valence-corrected chi connectivity index (χ1v) is 11.7. The maximum atomic E-state index is 14.5. The molecule has 31 heavy (non-hydrogen) atoms. The molecule has 1 atom stereocenters. The molecule has 0 saturated carbocycles. The Kier molecular flexibility index (Phi) is 5.25. The van der Waals surface area contributed by atoms with Gasteiger partial charge in [-0.1, -0.05) is 6.92 Å². The molecule has 1 unspecified atom stereocenters. The molecule has 0 spiro atoms. The second-order valence-electron chi connectivity index (χ2n) is 7.80. The van der Waals surface area contributed by atoms with Crippen LogP contribution < -0.4 is 9.62 Å². The van der Waals surface area contributed by atoms with Gasteiger partial charge in [-0.25, -0.2) is 17.2 Å². The van der Waals surface area contributed by atoms with Crippen LogP contribution in [0.15, 0.2) is 34.7 Å². The molecule has 1 amide bonds. The minimum atomic E-state index is -3.53. The van der Waals surface area contributed by atoms with Gasteiger partial charge in [0.1, 0.15) is 17.2 Å². The van der Waals surface area contributed by atoms with E-state index in [1.807, 2.05) is 6.92 Å². The standard InChI is InChI=1S/C22H22F2N2O4S/c1-12-5-4-8-26(31(3,28)29)18-11-19-16(10-15(12)18)20(22(27)25-2)21(30-19)14-7-6-13(23)9-17(14)24/h6-7,9-12H,4-5,8H2,1-3H3,(H,25,27). The van der Waals surface area contributed by atoms with Crippen LogP contribution in [-0.2, 0) is 10.0 Å². The summed E-state index contributed by atoms with van der Waals surface area (Å²) in [6.45, 7) is 2.33. The number of hydrogen-bond donors (Lipinski definition) is 1. The molecule has 3 aromatic rings. The van der Waals surface area contributed by atoms with Gasteiger partial charge in [-0.15, -0.1) is 0 Å². The van der Waals surface area contributed by atoms with Crippen molar-refractivity contribution in [2.24, 2.45) is 0 Å². The summed E-state index contributed by atoms with van der Waals surface area (Å²) in [6.07, 6.45) is 2.62. The highest BCUT2D eigenvalue weighted by molar-refractivity contribution is 7.92. The number of hydrogen-bond acceptors (Lipinski definition) is 4. The topological polar surface area (TPSA) is 79.6 Å². The van der Waals surface area contributed by atoms with Crippen molar-refractivity contribution in [3.05, 3.63) is 53.1 Å². The summed E-state index contributed by atoms with van der Waals surface area (Å²) in [5, 5.41) is 2.98. The van der Waals surface area contributed by atoms with E-state index in [0.29, 0.717) is 24.0 Å². The molecule has 4 rings (SSSR count). The van der Waals surface area contributed by atoms with Crippen LogP contribution >= 0.6 is 0 Å². The molecule has 1 N–H and O–H groups in total. The smallest absolute Gasteiger partial charge is 0.255 e. The summed E-state index contributed by atoms with van der Waals surface area (Å²) >= 11 is 0. The molecule has 2 aromatic carbocycles. The van der Waals surface area contributed by atoms with Crippen LogP contribution in [0.25, 0.3) is 22.3 Å². The molecule has 1 aromatic heterocycles. The quantitative estimate of drug-likeness (QED) is 0.644. The average Bonchev–Trinajstić information content (AvgIpc) is 2.97. The van der Waals surface area contributed by atoms with Gasteiger partial charge >= 0.3 is 0 Å². The zero-order chi connectivity index (χ0) is 22.5. The number of amides is 1. The fourth-order valence-electron chi connectivity index (χ4n) is 4.13. The Bertz CT molecular complexity index is 1300. The fraction of sp³-hybridized carbons (Fsp3) is 0.318. The van der Waals surface area contributed by atoms with E-state index in [0.717, 1.165) is 30.4 Å². The molecule has 0 saturated heterocycles. The first-order valence-electron chi connectivity index (χ1n) is 9.87. The maximum absolute atomic E-state index is 14.5. The van der Waals surface area contributed by atoms with Crippen molar-refractivity contribution in [2.75, 3.05) is 24.2 Å². The molecule has 0 fully saturated rings. The molecule has 1 aliphatic rings. The van der Waals surface area contributed by atoms with E-state index >= 15 is 0 Å². The molecular weight excluding hydrogens is 426 g/mol. The van der Waals surface area contributed by atoms with Gasteiger partial charge in [-0.05, 0) is 42.5 Å². The third-order valence-corrected chi connectivity index (χ3v) is 6.85. The van der Waals surface area contributed by atoms with Crippen molar-refractivity contribution in [1.29, 1.82) is 0 Å². The SMILES string of the molecule is CNC(=O)c1c(-c2ccc(F)cc2F)oc2cc3c(cc12)C(C)CCCN3S(C)(=O)=O. The van der Waals surface area contributed by atoms with Gasteiger partial charge in [0.15, 0.2) is 5.76 Å². The third-order valence-electron chi connectivity index (χ3n) is 5.67. The Labute approximate surface area is 178 Å². The van der Waals surface area contributed by atoms with Crippen molar-refractivity contribution < 1.29 is 26.4 Å². The molecule has 0 bridgehead atoms. The van der Waals surface area contributed by atoms with Crippen molar-refractivity contribution >= 4 is 32.6 Å². The normalized spacial score (nSPS) is 16.8. The number of rotatable bonds is 3. The average molecular weight is 448 g/mol. The van der Waals surface area contributed by atoms with Crippen molar-refractivity contribution in [3.63, 3.8) is 0 Å². The summed E-state index contributed by atoms with van der Waals surface area (Å²) < 4.78 is 60.0. The molecule has 2 heterocycles. The number of nitrogens with zero attached hydrogens (tertiary/aromatic N) is 1. The van der Waals surface area contributed by atoms with Crippen LogP contribution in [0, 0.1) is 11.6 Å². The summed E-state index contributed by atoms with van der Waals surface area (Å²) in [5.41, 5.74) is 1.57. The van der Waals surface area contributed by atoms with Crippen LogP contribution in [0.1, 0.15) is 41.6 Å². The lowest BCUT2D eigenvalue weighted by Crippen LogP contribution is -2.30. The van der Waals surface area contributed by atoms with Crippen LogP contribution in [0.4, 0.5) is 14.5 Å². The molecular formula is C22H22F2N2O4S. The number of fused-ring (bicyclic) bond motifs is 2. The number of anilines is 1. The molecule has 0 aliphatic carbocycles. The Balaban J connectivity index is 2.05. The fourth-order valence-corrected chi connectivity index (χ4v) is 5.11. The van der Waals surface area contributed by atoms with E-state index in [4.69, 9.17) is 4.42 Å². The number of sulfonamides is 1. The Morgan fingerprint density at radius 3 is 2.61 bits per heavy atom. The van der Waals surface area contributed by atoms with E-state index < -0.39 is 27.6 Å². The zero-order valence-corrected chi connectivity index (χ0v) is 18.1. The lowest BCUT2D eigenvalue weighted by molar-refractivity contribution is 0.0964. The van der Waals surface area contributed by atoms with Gasteiger partial charge < -0.3 is 9.73 Å². The van der Waals surface area contributed by atoms with E-state index in [1.54, 1.807) is 12.1 Å². The summed E-state index contributed by atoms with van der Waals surface area (Å²) in [4.78, 5) is 12.7. The van der Waals surface area contributed by atoms with Crippen molar-refractivity contribution in [1.82, 2.24) is 5.32 Å². The van der Waals surface area contributed by atoms with Crippen LogP contribution in [0.2, 0.25) is 0 Å². The van der Waals surface area contributed by atoms with Gasteiger partial charge in [0.2, 0.25) is 10.0 Å². The number of furan rings is 1. The lowest BCUT2D eigenvalue weighted by atomic mass is 9.93. The number of benzene rings is 2. The lowest BCUT2D eigenvalue weighted by Gasteiger charge is -2.23. The van der Waals surface area contributed by atoms with E-state index in [-0.39, 0.29) is 28.4 Å². The zero-order valence-electron chi connectivity index (χ0n) is 17.3. The predicted molar refractivity (Wildman–Crippen MR) is 115 cm³/mol. The largest absolute Gasteiger partial charge is 0.455 e. The van der Waals surface area contributed by atoms with Gasteiger partial charge in [0.05, 0.1) is 23.1 Å².